The minimum absolute atomic E-state index is 0.944. The molecule has 0 heterocycles. The first-order chi connectivity index (χ1) is 6.74. The van der Waals surface area contributed by atoms with Crippen molar-refractivity contribution < 1.29 is 19.4 Å². The molecule has 0 saturated carbocycles. The van der Waals surface area contributed by atoms with E-state index in [1.807, 2.05) is 20.8 Å². The van der Waals surface area contributed by atoms with Crippen LogP contribution >= 0.6 is 9.30 Å². The summed E-state index contributed by atoms with van der Waals surface area (Å²) in [5.74, 6) is 0. The van der Waals surface area contributed by atoms with Gasteiger partial charge in [-0.15, -0.1) is 0 Å². The molecule has 0 saturated heterocycles. The van der Waals surface area contributed by atoms with E-state index in [0.717, 1.165) is 19.6 Å². The van der Waals surface area contributed by atoms with Crippen molar-refractivity contribution in [2.24, 2.45) is 0 Å². The van der Waals surface area contributed by atoms with Gasteiger partial charge in [0, 0.05) is 0 Å². The van der Waals surface area contributed by atoms with Crippen LogP contribution < -0.4 is 0 Å². The maximum atomic E-state index is 4.64. The van der Waals surface area contributed by atoms with E-state index in [2.05, 4.69) is 25.3 Å². The van der Waals surface area contributed by atoms with E-state index in [0.29, 0.717) is 0 Å². The third-order valence-electron chi connectivity index (χ3n) is 0.949. The fourth-order valence-corrected chi connectivity index (χ4v) is 0. The first-order valence-electron chi connectivity index (χ1n) is 4.60. The summed E-state index contributed by atoms with van der Waals surface area (Å²) >= 11 is 1.47. The molecule has 86 valence electrons. The fourth-order valence-electron chi connectivity index (χ4n) is 0. The SMILES string of the molecule is CC[N-]C.CC[N-]C.CC[N-]C.[Cl][Ti+3]. The van der Waals surface area contributed by atoms with Crippen molar-refractivity contribution in [1.82, 2.24) is 0 Å². The molecule has 0 aromatic carbocycles. The normalized spacial score (nSPS) is 6.93. The predicted octanol–water partition coefficient (Wildman–Crippen LogP) is 3.72. The van der Waals surface area contributed by atoms with Crippen LogP contribution in [0.4, 0.5) is 0 Å². The summed E-state index contributed by atoms with van der Waals surface area (Å²) < 4.78 is 0. The second-order valence-electron chi connectivity index (χ2n) is 1.90. The van der Waals surface area contributed by atoms with Crippen LogP contribution in [0.5, 0.6) is 0 Å². The van der Waals surface area contributed by atoms with Crippen LogP contribution in [0.3, 0.4) is 0 Å². The summed E-state index contributed by atoms with van der Waals surface area (Å²) in [5, 5.41) is 11.2. The van der Waals surface area contributed by atoms with Crippen LogP contribution in [-0.2, 0) is 19.4 Å². The molecule has 14 heavy (non-hydrogen) atoms. The Morgan fingerprint density at radius 3 is 0.786 bits per heavy atom. The second-order valence-corrected chi connectivity index (χ2v) is 1.90. The quantitative estimate of drug-likeness (QED) is 0.692. The van der Waals surface area contributed by atoms with E-state index in [-0.39, 0.29) is 0 Å². The molecule has 0 spiro atoms. The molecule has 0 aromatic heterocycles. The summed E-state index contributed by atoms with van der Waals surface area (Å²) in [7, 11) is 10.1. The Labute approximate surface area is 106 Å². The Bertz CT molecular complexity index is 35.5. The molecule has 3 nitrogen and oxygen atoms in total. The Hall–Kier alpha value is 0.884. The third-order valence-corrected chi connectivity index (χ3v) is 0.949. The minimum atomic E-state index is 0.944. The van der Waals surface area contributed by atoms with Gasteiger partial charge in [0.15, 0.2) is 0 Å². The van der Waals surface area contributed by atoms with E-state index >= 15 is 0 Å². The summed E-state index contributed by atoms with van der Waals surface area (Å²) in [6.07, 6.45) is 0. The van der Waals surface area contributed by atoms with Gasteiger partial charge in [0.1, 0.15) is 0 Å². The van der Waals surface area contributed by atoms with Crippen molar-refractivity contribution in [2.75, 3.05) is 40.8 Å². The first kappa shape index (κ1) is 24.2. The van der Waals surface area contributed by atoms with Crippen LogP contribution in [-0.4, -0.2) is 40.8 Å². The van der Waals surface area contributed by atoms with Crippen LogP contribution in [0.2, 0.25) is 0 Å². The maximum absolute atomic E-state index is 4.64. The molecule has 0 radical (unpaired) electrons. The predicted molar refractivity (Wildman–Crippen MR) is 65.3 cm³/mol. The van der Waals surface area contributed by atoms with E-state index in [9.17, 15) is 0 Å². The van der Waals surface area contributed by atoms with Crippen molar-refractivity contribution >= 4 is 9.30 Å². The summed E-state index contributed by atoms with van der Waals surface area (Å²) in [4.78, 5) is 0. The Balaban J connectivity index is -0.0000000492. The van der Waals surface area contributed by atoms with Crippen molar-refractivity contribution in [3.05, 3.63) is 16.0 Å². The van der Waals surface area contributed by atoms with Gasteiger partial charge in [-0.2, -0.15) is 40.8 Å². The molecule has 0 aliphatic carbocycles. The number of halogens is 1. The molecule has 0 aliphatic rings. The summed E-state index contributed by atoms with van der Waals surface area (Å²) in [5.41, 5.74) is 0. The zero-order chi connectivity index (χ0) is 12.2. The van der Waals surface area contributed by atoms with Crippen LogP contribution in [0.25, 0.3) is 16.0 Å². The van der Waals surface area contributed by atoms with Crippen molar-refractivity contribution in [1.29, 1.82) is 0 Å². The van der Waals surface area contributed by atoms with Crippen molar-refractivity contribution in [3.63, 3.8) is 0 Å². The van der Waals surface area contributed by atoms with Gasteiger partial charge in [-0.1, -0.05) is 20.8 Å². The molecule has 0 fully saturated rings. The molecule has 0 rings (SSSR count). The molecule has 0 aromatic rings. The average molecular weight is 258 g/mol. The second kappa shape index (κ2) is 48.6. The number of rotatable bonds is 3. The zero-order valence-electron chi connectivity index (χ0n) is 10.3. The Morgan fingerprint density at radius 2 is 0.786 bits per heavy atom. The van der Waals surface area contributed by atoms with Crippen molar-refractivity contribution in [3.8, 4) is 0 Å². The average Bonchev–Trinajstić information content (AvgIpc) is 2.31. The van der Waals surface area contributed by atoms with Gasteiger partial charge in [0.05, 0.1) is 0 Å². The molecule has 0 N–H and O–H groups in total. The summed E-state index contributed by atoms with van der Waals surface area (Å²) in [6.45, 7) is 8.88. The molecule has 0 atom stereocenters. The number of hydrogen-bond acceptors (Lipinski definition) is 0. The zero-order valence-corrected chi connectivity index (χ0v) is 12.7. The molecular weight excluding hydrogens is 233 g/mol. The molecule has 5 heteroatoms. The van der Waals surface area contributed by atoms with E-state index in [1.54, 1.807) is 21.1 Å². The third kappa shape index (κ3) is 121. The van der Waals surface area contributed by atoms with Crippen LogP contribution in [0, 0.1) is 0 Å². The number of nitrogens with zero attached hydrogens (tertiary/aromatic N) is 3. The van der Waals surface area contributed by atoms with Crippen LogP contribution in [0.1, 0.15) is 20.8 Å². The number of hydrogen-bond donors (Lipinski definition) is 0. The van der Waals surface area contributed by atoms with Gasteiger partial charge in [-0.3, -0.25) is 0 Å². The van der Waals surface area contributed by atoms with Gasteiger partial charge in [0.2, 0.25) is 0 Å². The van der Waals surface area contributed by atoms with Gasteiger partial charge in [-0.05, 0) is 0 Å². The van der Waals surface area contributed by atoms with E-state index in [4.69, 9.17) is 0 Å². The monoisotopic (exact) mass is 257 g/mol. The van der Waals surface area contributed by atoms with E-state index < -0.39 is 0 Å². The summed E-state index contributed by atoms with van der Waals surface area (Å²) in [6, 6.07) is 0. The topological polar surface area (TPSA) is 42.3 Å². The van der Waals surface area contributed by atoms with Gasteiger partial charge in [-0.25, -0.2) is 0 Å². The molecule has 0 amide bonds. The Morgan fingerprint density at radius 1 is 0.714 bits per heavy atom. The van der Waals surface area contributed by atoms with Crippen LogP contribution in [0.15, 0.2) is 0 Å². The van der Waals surface area contributed by atoms with Gasteiger partial charge >= 0.3 is 28.7 Å². The Kier molecular flexibility index (Phi) is 84.1. The van der Waals surface area contributed by atoms with Gasteiger partial charge < -0.3 is 16.0 Å². The fraction of sp³-hybridized carbons (Fsp3) is 1.00. The molecule has 0 unspecified atom stereocenters. The molecular formula is C9H24ClN3Ti. The molecule has 0 aliphatic heterocycles. The van der Waals surface area contributed by atoms with Crippen molar-refractivity contribution in [2.45, 2.75) is 20.8 Å². The van der Waals surface area contributed by atoms with Gasteiger partial charge in [0.25, 0.3) is 0 Å². The molecule has 0 bridgehead atoms. The standard InChI is InChI=1S/3C3H8N.ClH.Ti/c3*1-3-4-2;;/h3*3H2,1-2H3;1H;/q3*-1;;+4/p-1. The van der Waals surface area contributed by atoms with E-state index in [1.165, 1.54) is 19.4 Å². The first-order valence-corrected chi connectivity index (χ1v) is 6.75.